The van der Waals surface area contributed by atoms with Crippen molar-refractivity contribution in [1.82, 2.24) is 0 Å². The van der Waals surface area contributed by atoms with Gasteiger partial charge >= 0.3 is 11.9 Å². The van der Waals surface area contributed by atoms with Gasteiger partial charge in [0, 0.05) is 0 Å². The summed E-state index contributed by atoms with van der Waals surface area (Å²) in [5.74, 6) is -0.487. The molecule has 0 aromatic heterocycles. The molecule has 5 heteroatoms. The first-order chi connectivity index (χ1) is 10.5. The minimum Gasteiger partial charge on any atom is -0.393 e. The molecule has 1 heterocycles. The van der Waals surface area contributed by atoms with Gasteiger partial charge in [-0.2, -0.15) is 12.8 Å². The molecule has 4 atom stereocenters. The van der Waals surface area contributed by atoms with Crippen LogP contribution in [0.15, 0.2) is 24.8 Å². The maximum absolute atomic E-state index is 11.9. The van der Waals surface area contributed by atoms with Gasteiger partial charge in [-0.1, -0.05) is 31.9 Å². The summed E-state index contributed by atoms with van der Waals surface area (Å²) in [5.41, 5.74) is 0. The summed E-state index contributed by atoms with van der Waals surface area (Å²) in [5, 5.41) is 0. The van der Waals surface area contributed by atoms with E-state index in [0.717, 1.165) is 25.7 Å². The average Bonchev–Trinajstić information content (AvgIpc) is 2.97. The summed E-state index contributed by atoms with van der Waals surface area (Å²) in [7, 11) is 0. The van der Waals surface area contributed by atoms with Gasteiger partial charge in [0.2, 0.25) is 0 Å². The summed E-state index contributed by atoms with van der Waals surface area (Å²) in [6.07, 6.45) is 14.4. The SMILES string of the molecule is C=CC1CC(/C=C\C[CH-]C[CH-]CC(C)C)C2C(=O)OC(=O)C12.[Cm].[Cm]. The van der Waals surface area contributed by atoms with Crippen LogP contribution in [0, 0.1) is 42.4 Å². The number of ether oxygens (including phenoxy) is 1. The van der Waals surface area contributed by atoms with Crippen LogP contribution in [0.5, 0.6) is 0 Å². The van der Waals surface area contributed by atoms with E-state index in [2.05, 4.69) is 45.4 Å². The van der Waals surface area contributed by atoms with Crippen molar-refractivity contribution in [2.75, 3.05) is 0 Å². The van der Waals surface area contributed by atoms with Crippen molar-refractivity contribution >= 4 is 11.9 Å². The van der Waals surface area contributed by atoms with Gasteiger partial charge in [-0.15, -0.1) is 12.7 Å². The Hall–Kier alpha value is -3.38. The van der Waals surface area contributed by atoms with Crippen molar-refractivity contribution in [3.63, 3.8) is 0 Å². The summed E-state index contributed by atoms with van der Waals surface area (Å²) < 4.78 is 4.80. The summed E-state index contributed by atoms with van der Waals surface area (Å²) in [6.45, 7) is 8.21. The van der Waals surface area contributed by atoms with Crippen molar-refractivity contribution < 1.29 is 14.3 Å². The molecule has 1 saturated heterocycles. The van der Waals surface area contributed by atoms with E-state index in [9.17, 15) is 9.59 Å². The Balaban J connectivity index is 0.00000264. The first kappa shape index (κ1) is 20.6. The topological polar surface area (TPSA) is 43.4 Å². The standard InChI is InChI=1S/C19H26O3.2Cm/c1-4-14-12-15(17-16(14)18(20)22-19(17)21)11-9-7-5-6-8-10-13(2)3;;/h4-5,8-9,11,13-17H,1,6-7,10,12H2,2-3H3;;/q-2;;/b11-9-;;. The molecule has 2 aliphatic rings. The number of rotatable bonds is 8. The molecule has 0 aromatic rings. The predicted molar refractivity (Wildman–Crippen MR) is 86.3 cm³/mol. The van der Waals surface area contributed by atoms with Crippen LogP contribution in [0.2, 0.25) is 0 Å². The number of carbonyl (C=O) groups excluding carboxylic acids is 2. The Labute approximate surface area is 133 Å². The zero-order valence-electron chi connectivity index (χ0n) is 14.2. The van der Waals surface area contributed by atoms with Crippen LogP contribution < -0.4 is 0 Å². The van der Waals surface area contributed by atoms with Crippen LogP contribution >= 0.6 is 0 Å². The molecule has 0 spiro atoms. The van der Waals surface area contributed by atoms with Crippen LogP contribution in [0.1, 0.15) is 39.5 Å². The molecule has 4 unspecified atom stereocenters. The number of cyclic esters (lactones) is 2. The van der Waals surface area contributed by atoms with Crippen molar-refractivity contribution in [2.45, 2.75) is 39.5 Å². The second-order valence-electron chi connectivity index (χ2n) is 6.70. The van der Waals surface area contributed by atoms with Crippen LogP contribution in [0.4, 0.5) is 0 Å². The van der Waals surface area contributed by atoms with Crippen LogP contribution in [0.25, 0.3) is 0 Å². The largest absolute Gasteiger partial charge is 0.393 e. The molecule has 0 aromatic carbocycles. The van der Waals surface area contributed by atoms with E-state index in [1.165, 1.54) is 0 Å². The molecule has 0 radical (unpaired) electrons. The molecule has 0 amide bonds. The number of unbranched alkanes of at least 4 members (excludes halogenated alkanes) is 3. The first-order valence-electron chi connectivity index (χ1n) is 8.22. The normalized spacial score (nSPS) is 28.5. The second kappa shape index (κ2) is 8.92. The fraction of sp³-hybridized carbons (Fsp3) is 0.579. The third kappa shape index (κ3) is 4.31. The Morgan fingerprint density at radius 2 is 1.79 bits per heavy atom. The zero-order chi connectivity index (χ0) is 16.1. The maximum Gasteiger partial charge on any atom is 0.318 e. The number of esters is 2. The fourth-order valence-electron chi connectivity index (χ4n) is 3.45. The molecule has 3 nitrogen and oxygen atoms in total. The monoisotopic (exact) mass is 788 g/mol. The van der Waals surface area contributed by atoms with E-state index >= 15 is 0 Å². The van der Waals surface area contributed by atoms with E-state index in [1.54, 1.807) is 6.08 Å². The molecule has 2 rings (SSSR count). The maximum atomic E-state index is 11.9. The van der Waals surface area contributed by atoms with Crippen molar-refractivity contribution in [3.8, 4) is 0 Å². The van der Waals surface area contributed by atoms with Crippen molar-refractivity contribution in [2.24, 2.45) is 29.6 Å². The fourth-order valence-corrected chi connectivity index (χ4v) is 3.45. The van der Waals surface area contributed by atoms with Crippen LogP contribution in [-0.4, -0.2) is 11.9 Å². The zero-order valence-corrected chi connectivity index (χ0v) is 20.1. The van der Waals surface area contributed by atoms with E-state index in [1.807, 2.05) is 0 Å². The number of hydrogen-bond donors (Lipinski definition) is 0. The van der Waals surface area contributed by atoms with Gasteiger partial charge in [-0.25, -0.2) is 0 Å². The molecule has 0 bridgehead atoms. The molecule has 2 fully saturated rings. The van der Waals surface area contributed by atoms with Gasteiger partial charge in [0.05, 0.1) is 11.8 Å². The third-order valence-corrected chi connectivity index (χ3v) is 4.56. The molecular formula is C19H26Cm2O3-2. The van der Waals surface area contributed by atoms with Crippen molar-refractivity contribution in [3.05, 3.63) is 37.6 Å². The summed E-state index contributed by atoms with van der Waals surface area (Å²) >= 11 is 0. The van der Waals surface area contributed by atoms with Gasteiger partial charge in [0.25, 0.3) is 0 Å². The van der Waals surface area contributed by atoms with Gasteiger partial charge in [0.1, 0.15) is 0 Å². The van der Waals surface area contributed by atoms with E-state index in [4.69, 9.17) is 4.74 Å². The van der Waals surface area contributed by atoms with Crippen LogP contribution in [0.3, 0.4) is 0 Å². The predicted octanol–water partition coefficient (Wildman–Crippen LogP) is 3.92. The number of fused-ring (bicyclic) bond motifs is 1. The number of hydrogen-bond acceptors (Lipinski definition) is 3. The molecule has 138 valence electrons. The first-order valence-corrected chi connectivity index (χ1v) is 8.22. The molecular weight excluding hydrogens is 770 g/mol. The number of allylic oxidation sites excluding steroid dienone is 3. The van der Waals surface area contributed by atoms with Gasteiger partial charge < -0.3 is 24.0 Å². The summed E-state index contributed by atoms with van der Waals surface area (Å²) in [4.78, 5) is 23.6. The minimum atomic E-state index is -0.370. The van der Waals surface area contributed by atoms with E-state index in [0.29, 0.717) is 5.92 Å². The smallest absolute Gasteiger partial charge is 0.318 e. The Morgan fingerprint density at radius 3 is 2.38 bits per heavy atom. The Morgan fingerprint density at radius 1 is 1.17 bits per heavy atom. The van der Waals surface area contributed by atoms with Gasteiger partial charge in [0.15, 0.2) is 0 Å². The van der Waals surface area contributed by atoms with E-state index in [-0.39, 0.29) is 35.6 Å². The van der Waals surface area contributed by atoms with Crippen molar-refractivity contribution in [1.29, 1.82) is 0 Å². The van der Waals surface area contributed by atoms with Crippen LogP contribution in [-0.2, 0) is 14.3 Å². The molecule has 1 aliphatic carbocycles. The Bertz CT molecular complexity index is 460. The Kier molecular flexibility index (Phi) is 7.66. The van der Waals surface area contributed by atoms with Gasteiger partial charge in [-0.05, 0) is 18.3 Å². The van der Waals surface area contributed by atoms with E-state index < -0.39 is 0 Å². The quantitative estimate of drug-likeness (QED) is 0.123. The summed E-state index contributed by atoms with van der Waals surface area (Å²) in [6, 6.07) is 0. The third-order valence-electron chi connectivity index (χ3n) is 4.56. The minimum absolute atomic E-state index is 0. The molecule has 1 aliphatic heterocycles. The number of carbonyl (C=O) groups is 2. The average molecular weight is 796 g/mol. The molecule has 1 saturated carbocycles. The second-order valence-corrected chi connectivity index (χ2v) is 6.70. The molecule has 24 heavy (non-hydrogen) atoms. The molecule has 0 N–H and O–H groups in total. The van der Waals surface area contributed by atoms with Gasteiger partial charge in [-0.3, -0.25) is 9.59 Å².